The molecule has 19 heavy (non-hydrogen) atoms. The van der Waals surface area contributed by atoms with Gasteiger partial charge in [0, 0.05) is 25.6 Å². The standard InChI is InChI=1S/C16H30N2O/c17-15-8-6-7-14(13-15)9-10-16(19)18-11-4-2-1-3-5-12-18/h14-15H,1-13,17H2. The predicted octanol–water partition coefficient (Wildman–Crippen LogP) is 3.08. The maximum atomic E-state index is 12.3. The fourth-order valence-electron chi connectivity index (χ4n) is 3.58. The number of rotatable bonds is 3. The van der Waals surface area contributed by atoms with E-state index in [-0.39, 0.29) is 0 Å². The molecule has 1 saturated heterocycles. The molecule has 1 aliphatic carbocycles. The van der Waals surface area contributed by atoms with E-state index in [9.17, 15) is 4.79 Å². The molecule has 110 valence electrons. The molecule has 2 N–H and O–H groups in total. The summed E-state index contributed by atoms with van der Waals surface area (Å²) < 4.78 is 0. The topological polar surface area (TPSA) is 46.3 Å². The number of likely N-dealkylation sites (tertiary alicyclic amines) is 1. The first-order valence-corrected chi connectivity index (χ1v) is 8.29. The summed E-state index contributed by atoms with van der Waals surface area (Å²) in [4.78, 5) is 14.4. The van der Waals surface area contributed by atoms with Crippen LogP contribution in [0.5, 0.6) is 0 Å². The Hall–Kier alpha value is -0.570. The van der Waals surface area contributed by atoms with Crippen molar-refractivity contribution < 1.29 is 4.79 Å². The lowest BCUT2D eigenvalue weighted by Crippen LogP contribution is -2.34. The minimum atomic E-state index is 0.385. The van der Waals surface area contributed by atoms with Crippen LogP contribution in [-0.4, -0.2) is 29.9 Å². The number of nitrogens with zero attached hydrogens (tertiary/aromatic N) is 1. The van der Waals surface area contributed by atoms with Gasteiger partial charge >= 0.3 is 0 Å². The van der Waals surface area contributed by atoms with E-state index in [0.29, 0.717) is 17.9 Å². The van der Waals surface area contributed by atoms with E-state index in [0.717, 1.165) is 32.4 Å². The molecule has 0 aromatic heterocycles. The van der Waals surface area contributed by atoms with Crippen LogP contribution in [0.2, 0.25) is 0 Å². The summed E-state index contributed by atoms with van der Waals surface area (Å²) in [6.07, 6.45) is 13.0. The highest BCUT2D eigenvalue weighted by Crippen LogP contribution is 2.27. The van der Waals surface area contributed by atoms with Crippen LogP contribution in [0.3, 0.4) is 0 Å². The number of carbonyl (C=O) groups excluding carboxylic acids is 1. The Kier molecular flexibility index (Phi) is 6.15. The van der Waals surface area contributed by atoms with Gasteiger partial charge in [-0.3, -0.25) is 4.79 Å². The number of amides is 1. The van der Waals surface area contributed by atoms with Gasteiger partial charge in [-0.25, -0.2) is 0 Å². The molecule has 0 spiro atoms. The molecule has 1 aliphatic heterocycles. The van der Waals surface area contributed by atoms with Crippen LogP contribution in [0.25, 0.3) is 0 Å². The van der Waals surface area contributed by atoms with Gasteiger partial charge in [0.05, 0.1) is 0 Å². The van der Waals surface area contributed by atoms with Crippen molar-refractivity contribution in [2.24, 2.45) is 11.7 Å². The van der Waals surface area contributed by atoms with Crippen LogP contribution in [0.4, 0.5) is 0 Å². The molecule has 2 fully saturated rings. The van der Waals surface area contributed by atoms with E-state index in [1.165, 1.54) is 51.4 Å². The van der Waals surface area contributed by atoms with E-state index >= 15 is 0 Å². The zero-order valence-corrected chi connectivity index (χ0v) is 12.3. The smallest absolute Gasteiger partial charge is 0.222 e. The van der Waals surface area contributed by atoms with Crippen molar-refractivity contribution in [3.8, 4) is 0 Å². The van der Waals surface area contributed by atoms with E-state index in [4.69, 9.17) is 5.73 Å². The van der Waals surface area contributed by atoms with Crippen LogP contribution >= 0.6 is 0 Å². The lowest BCUT2D eigenvalue weighted by Gasteiger charge is -2.28. The van der Waals surface area contributed by atoms with Crippen LogP contribution in [0.15, 0.2) is 0 Å². The molecule has 3 heteroatoms. The first kappa shape index (κ1) is 14.8. The summed E-state index contributed by atoms with van der Waals surface area (Å²) in [5, 5.41) is 0. The molecule has 0 radical (unpaired) electrons. The van der Waals surface area contributed by atoms with Crippen LogP contribution in [0, 0.1) is 5.92 Å². The summed E-state index contributed by atoms with van der Waals surface area (Å²) in [5.41, 5.74) is 6.02. The molecule has 1 saturated carbocycles. The van der Waals surface area contributed by atoms with Gasteiger partial charge in [0.2, 0.25) is 5.91 Å². The van der Waals surface area contributed by atoms with Gasteiger partial charge in [0.25, 0.3) is 0 Å². The summed E-state index contributed by atoms with van der Waals surface area (Å²) in [5.74, 6) is 1.09. The van der Waals surface area contributed by atoms with Gasteiger partial charge in [-0.2, -0.15) is 0 Å². The molecule has 0 aromatic carbocycles. The third kappa shape index (κ3) is 5.13. The molecule has 2 atom stereocenters. The second-order valence-electron chi connectivity index (χ2n) is 6.48. The fourth-order valence-corrected chi connectivity index (χ4v) is 3.58. The molecule has 3 nitrogen and oxygen atoms in total. The quantitative estimate of drug-likeness (QED) is 0.853. The minimum absolute atomic E-state index is 0.385. The van der Waals surface area contributed by atoms with Crippen molar-refractivity contribution in [1.82, 2.24) is 4.90 Å². The van der Waals surface area contributed by atoms with Crippen molar-refractivity contribution in [3.63, 3.8) is 0 Å². The lowest BCUT2D eigenvalue weighted by molar-refractivity contribution is -0.131. The molecule has 0 aromatic rings. The number of hydrogen-bond acceptors (Lipinski definition) is 2. The van der Waals surface area contributed by atoms with Crippen LogP contribution in [-0.2, 0) is 4.79 Å². The van der Waals surface area contributed by atoms with Gasteiger partial charge in [-0.1, -0.05) is 32.1 Å². The highest BCUT2D eigenvalue weighted by atomic mass is 16.2. The maximum absolute atomic E-state index is 12.3. The maximum Gasteiger partial charge on any atom is 0.222 e. The minimum Gasteiger partial charge on any atom is -0.343 e. The van der Waals surface area contributed by atoms with Crippen molar-refractivity contribution in [3.05, 3.63) is 0 Å². The second-order valence-corrected chi connectivity index (χ2v) is 6.48. The van der Waals surface area contributed by atoms with E-state index in [1.54, 1.807) is 0 Å². The van der Waals surface area contributed by atoms with Gasteiger partial charge < -0.3 is 10.6 Å². The molecule has 2 aliphatic rings. The zero-order valence-electron chi connectivity index (χ0n) is 12.3. The molecule has 1 amide bonds. The SMILES string of the molecule is NC1CCCC(CCC(=O)N2CCCCCCC2)C1. The van der Waals surface area contributed by atoms with Crippen LogP contribution < -0.4 is 5.73 Å². The number of hydrogen-bond donors (Lipinski definition) is 1. The van der Waals surface area contributed by atoms with E-state index in [2.05, 4.69) is 4.90 Å². The molecule has 0 bridgehead atoms. The van der Waals surface area contributed by atoms with Gasteiger partial charge in [-0.05, 0) is 38.0 Å². The molecule has 2 unspecified atom stereocenters. The Morgan fingerprint density at radius 1 is 1.00 bits per heavy atom. The van der Waals surface area contributed by atoms with Crippen molar-refractivity contribution in [2.75, 3.05) is 13.1 Å². The van der Waals surface area contributed by atoms with Gasteiger partial charge in [0.1, 0.15) is 0 Å². The number of nitrogens with two attached hydrogens (primary N) is 1. The summed E-state index contributed by atoms with van der Waals surface area (Å²) in [7, 11) is 0. The molecular weight excluding hydrogens is 236 g/mol. The zero-order chi connectivity index (χ0) is 13.5. The van der Waals surface area contributed by atoms with Gasteiger partial charge in [0.15, 0.2) is 0 Å². The second kappa shape index (κ2) is 7.88. The monoisotopic (exact) mass is 266 g/mol. The number of carbonyl (C=O) groups is 1. The largest absolute Gasteiger partial charge is 0.343 e. The molecule has 1 heterocycles. The first-order chi connectivity index (χ1) is 9.25. The summed E-state index contributed by atoms with van der Waals surface area (Å²) in [6, 6.07) is 0.385. The third-order valence-corrected chi connectivity index (χ3v) is 4.80. The highest BCUT2D eigenvalue weighted by Gasteiger charge is 2.21. The Balaban J connectivity index is 1.70. The van der Waals surface area contributed by atoms with Crippen molar-refractivity contribution >= 4 is 5.91 Å². The van der Waals surface area contributed by atoms with E-state index in [1.807, 2.05) is 0 Å². The average Bonchev–Trinajstić information content (AvgIpc) is 2.36. The first-order valence-electron chi connectivity index (χ1n) is 8.29. The van der Waals surface area contributed by atoms with Gasteiger partial charge in [-0.15, -0.1) is 0 Å². The van der Waals surface area contributed by atoms with Crippen LogP contribution in [0.1, 0.15) is 70.6 Å². The summed E-state index contributed by atoms with van der Waals surface area (Å²) in [6.45, 7) is 1.98. The Morgan fingerprint density at radius 3 is 2.37 bits per heavy atom. The Labute approximate surface area is 117 Å². The predicted molar refractivity (Wildman–Crippen MR) is 78.8 cm³/mol. The third-order valence-electron chi connectivity index (χ3n) is 4.80. The Bertz CT molecular complexity index is 272. The fraction of sp³-hybridized carbons (Fsp3) is 0.938. The highest BCUT2D eigenvalue weighted by molar-refractivity contribution is 5.76. The molecular formula is C16H30N2O. The normalized spacial score (nSPS) is 29.6. The Morgan fingerprint density at radius 2 is 1.68 bits per heavy atom. The van der Waals surface area contributed by atoms with Crippen molar-refractivity contribution in [1.29, 1.82) is 0 Å². The lowest BCUT2D eigenvalue weighted by atomic mass is 9.83. The van der Waals surface area contributed by atoms with Crippen molar-refractivity contribution in [2.45, 2.75) is 76.7 Å². The summed E-state index contributed by atoms with van der Waals surface area (Å²) >= 11 is 0. The van der Waals surface area contributed by atoms with E-state index < -0.39 is 0 Å². The molecule has 2 rings (SSSR count). The average molecular weight is 266 g/mol.